The Bertz CT molecular complexity index is 611. The average Bonchev–Trinajstić information content (AvgIpc) is 2.37. The molecule has 0 aliphatic heterocycles. The molecule has 2 aromatic rings. The largest absolute Gasteiger partial charge is 0.398 e. The lowest BCUT2D eigenvalue weighted by molar-refractivity contribution is -0.117. The predicted octanol–water partition coefficient (Wildman–Crippen LogP) is 2.86. The summed E-state index contributed by atoms with van der Waals surface area (Å²) < 4.78 is 0. The van der Waals surface area contributed by atoms with E-state index in [1.165, 1.54) is 0 Å². The summed E-state index contributed by atoms with van der Waals surface area (Å²) in [6.45, 7) is 0. The van der Waals surface area contributed by atoms with Crippen molar-refractivity contribution in [2.24, 2.45) is 0 Å². The van der Waals surface area contributed by atoms with Crippen LogP contribution in [0.15, 0.2) is 42.5 Å². The minimum absolute atomic E-state index is 0.0619. The molecule has 3 nitrogen and oxygen atoms in total. The summed E-state index contributed by atoms with van der Waals surface area (Å²) in [7, 11) is 0. The van der Waals surface area contributed by atoms with Gasteiger partial charge in [-0.05, 0) is 35.4 Å². The standard InChI is InChI=1S/C15H15ClN2O/c16-12-5-6-15(18)11(7-12)9-13(19)8-10-3-1-2-4-14(10)17/h1-7H,8-9,17-18H2. The van der Waals surface area contributed by atoms with E-state index < -0.39 is 0 Å². The molecule has 0 saturated heterocycles. The molecule has 0 bridgehead atoms. The van der Waals surface area contributed by atoms with Crippen molar-refractivity contribution in [1.82, 2.24) is 0 Å². The van der Waals surface area contributed by atoms with Crippen molar-refractivity contribution in [3.8, 4) is 0 Å². The van der Waals surface area contributed by atoms with Gasteiger partial charge in [0.25, 0.3) is 0 Å². The summed E-state index contributed by atoms with van der Waals surface area (Å²) in [6, 6.07) is 12.5. The third kappa shape index (κ3) is 3.48. The van der Waals surface area contributed by atoms with Gasteiger partial charge >= 0.3 is 0 Å². The van der Waals surface area contributed by atoms with Crippen molar-refractivity contribution in [2.45, 2.75) is 12.8 Å². The summed E-state index contributed by atoms with van der Waals surface area (Å²) in [5.41, 5.74) is 14.5. The molecule has 0 atom stereocenters. The minimum Gasteiger partial charge on any atom is -0.398 e. The SMILES string of the molecule is Nc1ccccc1CC(=O)Cc1cc(Cl)ccc1N. The Morgan fingerprint density at radius 3 is 2.32 bits per heavy atom. The molecule has 0 aliphatic rings. The number of carbonyl (C=O) groups is 1. The van der Waals surface area contributed by atoms with Crippen LogP contribution in [0, 0.1) is 0 Å². The summed E-state index contributed by atoms with van der Waals surface area (Å²) in [4.78, 5) is 12.0. The van der Waals surface area contributed by atoms with Crippen LogP contribution in [-0.4, -0.2) is 5.78 Å². The molecule has 0 unspecified atom stereocenters. The molecule has 0 heterocycles. The second-order valence-electron chi connectivity index (χ2n) is 4.43. The molecule has 0 amide bonds. The van der Waals surface area contributed by atoms with E-state index >= 15 is 0 Å². The first-order valence-electron chi connectivity index (χ1n) is 5.95. The van der Waals surface area contributed by atoms with Crippen LogP contribution in [0.5, 0.6) is 0 Å². The highest BCUT2D eigenvalue weighted by molar-refractivity contribution is 6.30. The Hall–Kier alpha value is -2.00. The number of hydrogen-bond donors (Lipinski definition) is 2. The fraction of sp³-hybridized carbons (Fsp3) is 0.133. The highest BCUT2D eigenvalue weighted by Crippen LogP contribution is 2.20. The fourth-order valence-electron chi connectivity index (χ4n) is 1.91. The van der Waals surface area contributed by atoms with Gasteiger partial charge in [-0.3, -0.25) is 4.79 Å². The highest BCUT2D eigenvalue weighted by atomic mass is 35.5. The molecule has 19 heavy (non-hydrogen) atoms. The van der Waals surface area contributed by atoms with Crippen molar-refractivity contribution in [2.75, 3.05) is 11.5 Å². The zero-order valence-corrected chi connectivity index (χ0v) is 11.2. The Balaban J connectivity index is 2.10. The fourth-order valence-corrected chi connectivity index (χ4v) is 2.10. The van der Waals surface area contributed by atoms with Crippen LogP contribution in [0.2, 0.25) is 5.02 Å². The molecular formula is C15H15ClN2O. The highest BCUT2D eigenvalue weighted by Gasteiger charge is 2.10. The third-order valence-electron chi connectivity index (χ3n) is 2.94. The molecule has 0 aliphatic carbocycles. The minimum atomic E-state index is 0.0619. The van der Waals surface area contributed by atoms with Gasteiger partial charge in [0.2, 0.25) is 0 Å². The van der Waals surface area contributed by atoms with E-state index in [4.69, 9.17) is 23.1 Å². The lowest BCUT2D eigenvalue weighted by Gasteiger charge is -2.07. The number of halogens is 1. The molecule has 2 aromatic carbocycles. The van der Waals surface area contributed by atoms with Gasteiger partial charge in [0, 0.05) is 29.2 Å². The van der Waals surface area contributed by atoms with Crippen LogP contribution in [0.4, 0.5) is 11.4 Å². The molecule has 4 N–H and O–H groups in total. The number of para-hydroxylation sites is 1. The van der Waals surface area contributed by atoms with Crippen molar-refractivity contribution >= 4 is 28.8 Å². The lowest BCUT2D eigenvalue weighted by Crippen LogP contribution is -2.09. The molecular weight excluding hydrogens is 260 g/mol. The van der Waals surface area contributed by atoms with E-state index in [0.717, 1.165) is 11.1 Å². The van der Waals surface area contributed by atoms with E-state index in [1.54, 1.807) is 24.3 Å². The van der Waals surface area contributed by atoms with Crippen LogP contribution >= 0.6 is 11.6 Å². The second-order valence-corrected chi connectivity index (χ2v) is 4.87. The predicted molar refractivity (Wildman–Crippen MR) is 79.1 cm³/mol. The molecule has 0 fully saturated rings. The zero-order chi connectivity index (χ0) is 13.8. The van der Waals surface area contributed by atoms with Crippen molar-refractivity contribution in [1.29, 1.82) is 0 Å². The lowest BCUT2D eigenvalue weighted by atomic mass is 10.0. The van der Waals surface area contributed by atoms with Crippen LogP contribution in [0.3, 0.4) is 0 Å². The van der Waals surface area contributed by atoms with Crippen LogP contribution < -0.4 is 11.5 Å². The number of rotatable bonds is 4. The van der Waals surface area contributed by atoms with Gasteiger partial charge in [0.05, 0.1) is 0 Å². The van der Waals surface area contributed by atoms with Gasteiger partial charge in [0.1, 0.15) is 5.78 Å². The Morgan fingerprint density at radius 1 is 0.947 bits per heavy atom. The van der Waals surface area contributed by atoms with Crippen LogP contribution in [0.25, 0.3) is 0 Å². The molecule has 4 heteroatoms. The normalized spacial score (nSPS) is 10.4. The number of nitrogens with two attached hydrogens (primary N) is 2. The molecule has 0 aromatic heterocycles. The number of hydrogen-bond acceptors (Lipinski definition) is 3. The number of nitrogen functional groups attached to an aromatic ring is 2. The first kappa shape index (κ1) is 13.4. The van der Waals surface area contributed by atoms with Crippen LogP contribution in [-0.2, 0) is 17.6 Å². The Kier molecular flexibility index (Phi) is 4.07. The molecule has 2 rings (SSSR count). The molecule has 0 spiro atoms. The number of carbonyl (C=O) groups excluding carboxylic acids is 1. The number of anilines is 2. The van der Waals surface area contributed by atoms with Gasteiger partial charge in [-0.1, -0.05) is 29.8 Å². The summed E-state index contributed by atoms with van der Waals surface area (Å²) >= 11 is 5.90. The number of Topliss-reactive ketones (excluding diaryl/α,β-unsaturated/α-hetero) is 1. The van der Waals surface area contributed by atoms with Gasteiger partial charge in [-0.15, -0.1) is 0 Å². The molecule has 0 radical (unpaired) electrons. The van der Waals surface area contributed by atoms with E-state index in [0.29, 0.717) is 22.8 Å². The number of benzene rings is 2. The summed E-state index contributed by atoms with van der Waals surface area (Å²) in [5.74, 6) is 0.0619. The molecule has 0 saturated carbocycles. The van der Waals surface area contributed by atoms with Gasteiger partial charge in [0.15, 0.2) is 0 Å². The summed E-state index contributed by atoms with van der Waals surface area (Å²) in [6.07, 6.45) is 0.569. The maximum absolute atomic E-state index is 12.0. The van der Waals surface area contributed by atoms with Gasteiger partial charge in [-0.2, -0.15) is 0 Å². The monoisotopic (exact) mass is 274 g/mol. The zero-order valence-electron chi connectivity index (χ0n) is 10.4. The smallest absolute Gasteiger partial charge is 0.141 e. The third-order valence-corrected chi connectivity index (χ3v) is 3.17. The van der Waals surface area contributed by atoms with Crippen molar-refractivity contribution < 1.29 is 4.79 Å². The van der Waals surface area contributed by atoms with Crippen molar-refractivity contribution in [3.05, 3.63) is 58.6 Å². The van der Waals surface area contributed by atoms with Gasteiger partial charge < -0.3 is 11.5 Å². The average molecular weight is 275 g/mol. The van der Waals surface area contributed by atoms with E-state index in [9.17, 15) is 4.79 Å². The van der Waals surface area contributed by atoms with E-state index in [-0.39, 0.29) is 12.2 Å². The Labute approximate surface area is 117 Å². The topological polar surface area (TPSA) is 69.1 Å². The first-order valence-corrected chi connectivity index (χ1v) is 6.33. The first-order chi connectivity index (χ1) is 9.06. The maximum atomic E-state index is 12.0. The van der Waals surface area contributed by atoms with E-state index in [1.807, 2.05) is 18.2 Å². The molecule has 98 valence electrons. The van der Waals surface area contributed by atoms with Gasteiger partial charge in [-0.25, -0.2) is 0 Å². The number of ketones is 1. The van der Waals surface area contributed by atoms with E-state index in [2.05, 4.69) is 0 Å². The summed E-state index contributed by atoms with van der Waals surface area (Å²) in [5, 5.41) is 0.580. The van der Waals surface area contributed by atoms with Crippen LogP contribution in [0.1, 0.15) is 11.1 Å². The second kappa shape index (κ2) is 5.76. The van der Waals surface area contributed by atoms with Crippen molar-refractivity contribution in [3.63, 3.8) is 0 Å². The Morgan fingerprint density at radius 2 is 1.58 bits per heavy atom. The quantitative estimate of drug-likeness (QED) is 0.843. The maximum Gasteiger partial charge on any atom is 0.141 e.